The van der Waals surface area contributed by atoms with Crippen molar-refractivity contribution in [3.05, 3.63) is 35.4 Å². The number of carbonyl (C=O) groups excluding carboxylic acids is 2. The number of fused-ring (bicyclic) bond motifs is 1. The number of hydrogen-bond acceptors (Lipinski definition) is 8. The van der Waals surface area contributed by atoms with E-state index in [1.165, 1.54) is 4.90 Å². The number of ether oxygens (including phenoxy) is 6. The van der Waals surface area contributed by atoms with E-state index in [2.05, 4.69) is 22.6 Å². The maximum Gasteiger partial charge on any atom is 0.261 e. The first-order valence-corrected chi connectivity index (χ1v) is 12.3. The minimum Gasteiger partial charge on any atom is -0.378 e. The number of rotatable bonds is 20. The van der Waals surface area contributed by atoms with Gasteiger partial charge < -0.3 is 28.4 Å². The van der Waals surface area contributed by atoms with Crippen LogP contribution in [0.25, 0.3) is 0 Å². The second-order valence-electron chi connectivity index (χ2n) is 6.67. The van der Waals surface area contributed by atoms with Crippen molar-refractivity contribution in [3.63, 3.8) is 0 Å². The molecule has 1 aromatic carbocycles. The van der Waals surface area contributed by atoms with Crippen molar-refractivity contribution < 1.29 is 38.0 Å². The number of amides is 2. The highest BCUT2D eigenvalue weighted by molar-refractivity contribution is 14.1. The lowest BCUT2D eigenvalue weighted by Gasteiger charge is -2.13. The number of nitrogens with zero attached hydrogens (tertiary/aromatic N) is 1. The van der Waals surface area contributed by atoms with Crippen LogP contribution in [-0.2, 0) is 28.4 Å². The van der Waals surface area contributed by atoms with Gasteiger partial charge in [0.25, 0.3) is 11.8 Å². The first-order valence-electron chi connectivity index (χ1n) is 10.7. The zero-order valence-electron chi connectivity index (χ0n) is 18.3. The Kier molecular flexibility index (Phi) is 14.7. The quantitative estimate of drug-likeness (QED) is 0.102. The predicted octanol–water partition coefficient (Wildman–Crippen LogP) is 1.82. The largest absolute Gasteiger partial charge is 0.378 e. The van der Waals surface area contributed by atoms with Crippen molar-refractivity contribution in [2.75, 3.05) is 90.3 Å². The van der Waals surface area contributed by atoms with Gasteiger partial charge in [0, 0.05) is 4.43 Å². The van der Waals surface area contributed by atoms with E-state index in [-0.39, 0.29) is 25.0 Å². The molecule has 1 aromatic rings. The Labute approximate surface area is 202 Å². The summed E-state index contributed by atoms with van der Waals surface area (Å²) in [6.45, 7) is 6.28. The second-order valence-corrected chi connectivity index (χ2v) is 7.75. The standard InChI is InChI=1S/C22H32INO8/c23-5-7-27-9-11-29-13-15-31-17-18-32-16-14-30-12-10-28-8-6-24-21(25)19-3-1-2-4-20(19)22(24)26/h1-4H,5-18H2. The van der Waals surface area contributed by atoms with Crippen molar-refractivity contribution in [1.29, 1.82) is 0 Å². The number of benzene rings is 1. The van der Waals surface area contributed by atoms with Gasteiger partial charge in [0.05, 0.1) is 97.0 Å². The second kappa shape index (κ2) is 17.3. The molecule has 2 rings (SSSR count). The summed E-state index contributed by atoms with van der Waals surface area (Å²) < 4.78 is 33.4. The zero-order chi connectivity index (χ0) is 22.9. The number of hydrogen-bond donors (Lipinski definition) is 0. The molecule has 0 radical (unpaired) electrons. The van der Waals surface area contributed by atoms with Gasteiger partial charge in [0.15, 0.2) is 0 Å². The van der Waals surface area contributed by atoms with Crippen LogP contribution in [0, 0.1) is 0 Å². The fourth-order valence-corrected chi connectivity index (χ4v) is 3.17. The first kappa shape index (κ1) is 27.1. The van der Waals surface area contributed by atoms with E-state index in [1.807, 2.05) is 0 Å². The molecule has 1 heterocycles. The fraction of sp³-hybridized carbons (Fsp3) is 0.636. The molecule has 1 aliphatic heterocycles. The molecule has 0 saturated carbocycles. The lowest BCUT2D eigenvalue weighted by molar-refractivity contribution is -0.0165. The van der Waals surface area contributed by atoms with Crippen LogP contribution >= 0.6 is 22.6 Å². The minimum absolute atomic E-state index is 0.229. The molecule has 2 amide bonds. The smallest absolute Gasteiger partial charge is 0.261 e. The first-order chi connectivity index (χ1) is 15.8. The maximum atomic E-state index is 12.2. The molecule has 0 N–H and O–H groups in total. The molecular formula is C22H32INO8. The van der Waals surface area contributed by atoms with E-state index < -0.39 is 0 Å². The van der Waals surface area contributed by atoms with Crippen molar-refractivity contribution >= 4 is 34.4 Å². The van der Waals surface area contributed by atoms with Crippen LogP contribution in [0.3, 0.4) is 0 Å². The molecule has 0 saturated heterocycles. The predicted molar refractivity (Wildman–Crippen MR) is 126 cm³/mol. The van der Waals surface area contributed by atoms with Gasteiger partial charge in [-0.3, -0.25) is 14.5 Å². The van der Waals surface area contributed by atoms with Gasteiger partial charge in [-0.1, -0.05) is 34.7 Å². The third-order valence-corrected chi connectivity index (χ3v) is 4.86. The summed E-state index contributed by atoms with van der Waals surface area (Å²) in [6, 6.07) is 6.83. The Morgan fingerprint density at radius 2 is 0.906 bits per heavy atom. The molecule has 0 unspecified atom stereocenters. The molecule has 0 fully saturated rings. The topological polar surface area (TPSA) is 92.8 Å². The highest BCUT2D eigenvalue weighted by atomic mass is 127. The van der Waals surface area contributed by atoms with Gasteiger partial charge >= 0.3 is 0 Å². The average molecular weight is 565 g/mol. The normalized spacial score (nSPS) is 13.2. The minimum atomic E-state index is -0.268. The molecular weight excluding hydrogens is 533 g/mol. The molecule has 0 bridgehead atoms. The molecule has 0 aromatic heterocycles. The number of carbonyl (C=O) groups is 2. The van der Waals surface area contributed by atoms with E-state index in [0.29, 0.717) is 77.2 Å². The molecule has 32 heavy (non-hydrogen) atoms. The highest BCUT2D eigenvalue weighted by Gasteiger charge is 2.34. The van der Waals surface area contributed by atoms with Crippen LogP contribution in [0.15, 0.2) is 24.3 Å². The van der Waals surface area contributed by atoms with Crippen LogP contribution < -0.4 is 0 Å². The molecule has 0 spiro atoms. The summed E-state index contributed by atoms with van der Waals surface area (Å²) in [5.41, 5.74) is 0.902. The van der Waals surface area contributed by atoms with Crippen molar-refractivity contribution in [2.24, 2.45) is 0 Å². The Balaban J connectivity index is 1.32. The van der Waals surface area contributed by atoms with Crippen molar-refractivity contribution in [1.82, 2.24) is 4.90 Å². The van der Waals surface area contributed by atoms with Gasteiger partial charge in [0.2, 0.25) is 0 Å². The number of alkyl halides is 1. The van der Waals surface area contributed by atoms with Crippen LogP contribution in [0.1, 0.15) is 20.7 Å². The van der Waals surface area contributed by atoms with E-state index in [1.54, 1.807) is 24.3 Å². The lowest BCUT2D eigenvalue weighted by Crippen LogP contribution is -2.33. The van der Waals surface area contributed by atoms with Gasteiger partial charge in [-0.2, -0.15) is 0 Å². The van der Waals surface area contributed by atoms with E-state index in [4.69, 9.17) is 28.4 Å². The van der Waals surface area contributed by atoms with Gasteiger partial charge in [-0.05, 0) is 12.1 Å². The summed E-state index contributed by atoms with van der Waals surface area (Å²) >= 11 is 2.27. The summed E-state index contributed by atoms with van der Waals surface area (Å²) in [5.74, 6) is -0.535. The lowest BCUT2D eigenvalue weighted by atomic mass is 10.1. The Bertz CT molecular complexity index is 640. The third-order valence-electron chi connectivity index (χ3n) is 4.42. The maximum absolute atomic E-state index is 12.2. The molecule has 10 heteroatoms. The molecule has 0 atom stereocenters. The van der Waals surface area contributed by atoms with Gasteiger partial charge in [0.1, 0.15) is 0 Å². The van der Waals surface area contributed by atoms with Crippen LogP contribution in [0.2, 0.25) is 0 Å². The van der Waals surface area contributed by atoms with Crippen LogP contribution in [-0.4, -0.2) is 107 Å². The molecule has 1 aliphatic rings. The molecule has 9 nitrogen and oxygen atoms in total. The molecule has 0 aliphatic carbocycles. The average Bonchev–Trinajstić information content (AvgIpc) is 3.05. The summed E-state index contributed by atoms with van der Waals surface area (Å²) in [4.78, 5) is 25.7. The Morgan fingerprint density at radius 1 is 0.562 bits per heavy atom. The summed E-state index contributed by atoms with van der Waals surface area (Å²) in [7, 11) is 0. The highest BCUT2D eigenvalue weighted by Crippen LogP contribution is 2.21. The SMILES string of the molecule is O=C1c2ccccc2C(=O)N1CCOCCOCCOCCOCCOCCOCCI. The van der Waals surface area contributed by atoms with Crippen LogP contribution in [0.4, 0.5) is 0 Å². The van der Waals surface area contributed by atoms with Gasteiger partial charge in [-0.15, -0.1) is 0 Å². The van der Waals surface area contributed by atoms with E-state index >= 15 is 0 Å². The van der Waals surface area contributed by atoms with Crippen LogP contribution in [0.5, 0.6) is 0 Å². The van der Waals surface area contributed by atoms with E-state index in [0.717, 1.165) is 11.0 Å². The number of imide groups is 1. The van der Waals surface area contributed by atoms with Gasteiger partial charge in [-0.25, -0.2) is 0 Å². The summed E-state index contributed by atoms with van der Waals surface area (Å²) in [6.07, 6.45) is 0. The third kappa shape index (κ3) is 10.2. The number of halogens is 1. The molecule has 180 valence electrons. The fourth-order valence-electron chi connectivity index (χ4n) is 2.85. The van der Waals surface area contributed by atoms with Crippen molar-refractivity contribution in [3.8, 4) is 0 Å². The Morgan fingerprint density at radius 3 is 1.28 bits per heavy atom. The van der Waals surface area contributed by atoms with Crippen molar-refractivity contribution in [2.45, 2.75) is 0 Å². The monoisotopic (exact) mass is 565 g/mol. The summed E-state index contributed by atoms with van der Waals surface area (Å²) in [5, 5.41) is 0. The van der Waals surface area contributed by atoms with E-state index in [9.17, 15) is 9.59 Å². The Hall–Kier alpha value is -1.15. The zero-order valence-corrected chi connectivity index (χ0v) is 20.5.